The first-order valence-electron chi connectivity index (χ1n) is 13.5. The number of rotatable bonds is 9. The molecule has 1 atom stereocenters. The van der Waals surface area contributed by atoms with Crippen molar-refractivity contribution in [2.75, 3.05) is 0 Å². The largest absolute Gasteiger partial charge is 0.506 e. The average molecular weight is 643 g/mol. The van der Waals surface area contributed by atoms with Gasteiger partial charge >= 0.3 is 6.18 Å². The van der Waals surface area contributed by atoms with E-state index in [0.717, 1.165) is 28.8 Å². The number of aryl methyl sites for hydroxylation is 1. The highest BCUT2D eigenvalue weighted by Gasteiger charge is 2.30. The summed E-state index contributed by atoms with van der Waals surface area (Å²) in [5, 5.41) is 14.4. The van der Waals surface area contributed by atoms with Gasteiger partial charge < -0.3 is 9.63 Å². The van der Waals surface area contributed by atoms with Gasteiger partial charge in [-0.2, -0.15) is 18.2 Å². The molecule has 0 aliphatic rings. The topological polar surface area (TPSA) is 76.2 Å². The maximum absolute atomic E-state index is 13.6. The lowest BCUT2D eigenvalue weighted by Crippen LogP contribution is -2.08. The minimum atomic E-state index is -4.49. The van der Waals surface area contributed by atoms with E-state index in [1.807, 2.05) is 24.3 Å². The number of carbonyl (C=O) groups is 1. The van der Waals surface area contributed by atoms with Crippen LogP contribution in [0.3, 0.4) is 0 Å². The third-order valence-electron chi connectivity index (χ3n) is 7.21. The van der Waals surface area contributed by atoms with E-state index < -0.39 is 29.1 Å². The molecule has 1 aromatic heterocycles. The lowest BCUT2D eigenvalue weighted by Gasteiger charge is -2.15. The molecule has 11 heteroatoms. The highest BCUT2D eigenvalue weighted by Crippen LogP contribution is 2.37. The summed E-state index contributed by atoms with van der Waals surface area (Å²) in [4.78, 5) is 17.7. The van der Waals surface area contributed by atoms with E-state index in [2.05, 4.69) is 10.1 Å². The number of hydrogen-bond acceptors (Lipinski definition) is 5. The van der Waals surface area contributed by atoms with Crippen molar-refractivity contribution in [1.29, 1.82) is 0 Å². The molecule has 0 saturated heterocycles. The molecule has 0 spiro atoms. The van der Waals surface area contributed by atoms with Gasteiger partial charge in [0, 0.05) is 12.3 Å². The van der Waals surface area contributed by atoms with Crippen molar-refractivity contribution in [2.45, 2.75) is 38.3 Å². The summed E-state index contributed by atoms with van der Waals surface area (Å²) in [6.07, 6.45) is -3.76. The summed E-state index contributed by atoms with van der Waals surface area (Å²) in [5.41, 5.74) is 2.46. The molecular formula is C33H24Cl2F4N2O3. The molecule has 1 heterocycles. The number of Topliss-reactive ketones (excluding diaryl/α,β-unsaturated/α-hetero) is 1. The first-order valence-corrected chi connectivity index (χ1v) is 14.2. The number of aromatic hydroxyl groups is 1. The summed E-state index contributed by atoms with van der Waals surface area (Å²) >= 11 is 12.1. The molecule has 5 aromatic rings. The Labute approximate surface area is 260 Å². The lowest BCUT2D eigenvalue weighted by atomic mass is 9.91. The summed E-state index contributed by atoms with van der Waals surface area (Å²) in [6, 6.07) is 19.3. The molecule has 1 N–H and O–H groups in total. The molecule has 0 amide bonds. The summed E-state index contributed by atoms with van der Waals surface area (Å²) < 4.78 is 58.0. The van der Waals surface area contributed by atoms with Gasteiger partial charge in [0.1, 0.15) is 11.6 Å². The Hall–Kier alpha value is -4.21. The number of benzene rings is 4. The third-order valence-corrected chi connectivity index (χ3v) is 7.79. The van der Waals surface area contributed by atoms with Crippen molar-refractivity contribution >= 4 is 29.0 Å². The zero-order valence-corrected chi connectivity index (χ0v) is 24.6. The van der Waals surface area contributed by atoms with Crippen molar-refractivity contribution in [3.05, 3.63) is 123 Å². The van der Waals surface area contributed by atoms with Gasteiger partial charge in [-0.25, -0.2) is 4.39 Å². The molecule has 0 aliphatic carbocycles. The van der Waals surface area contributed by atoms with E-state index in [1.165, 1.54) is 30.3 Å². The van der Waals surface area contributed by atoms with Crippen LogP contribution in [-0.4, -0.2) is 21.0 Å². The predicted molar refractivity (Wildman–Crippen MR) is 159 cm³/mol. The second-order valence-electron chi connectivity index (χ2n) is 10.3. The number of halogens is 6. The fraction of sp³-hybridized carbons (Fsp3) is 0.182. The Morgan fingerprint density at radius 3 is 2.11 bits per heavy atom. The number of aromatic nitrogens is 2. The van der Waals surface area contributed by atoms with Crippen LogP contribution in [-0.2, 0) is 12.6 Å². The number of hydrogen-bond donors (Lipinski definition) is 1. The molecule has 0 fully saturated rings. The van der Waals surface area contributed by atoms with Crippen molar-refractivity contribution in [3.8, 4) is 28.0 Å². The van der Waals surface area contributed by atoms with E-state index in [4.69, 9.17) is 27.7 Å². The van der Waals surface area contributed by atoms with Crippen LogP contribution in [0.4, 0.5) is 17.6 Å². The van der Waals surface area contributed by atoms with Crippen LogP contribution in [0.1, 0.15) is 52.0 Å². The number of nitrogens with zero attached hydrogens (tertiary/aromatic N) is 2. The molecule has 0 bridgehead atoms. The molecular weight excluding hydrogens is 619 g/mol. The van der Waals surface area contributed by atoms with Crippen LogP contribution < -0.4 is 0 Å². The van der Waals surface area contributed by atoms with Crippen LogP contribution in [0.15, 0.2) is 83.4 Å². The fourth-order valence-corrected chi connectivity index (χ4v) is 5.26. The van der Waals surface area contributed by atoms with E-state index in [-0.39, 0.29) is 34.4 Å². The van der Waals surface area contributed by atoms with E-state index >= 15 is 0 Å². The monoisotopic (exact) mass is 642 g/mol. The highest BCUT2D eigenvalue weighted by atomic mass is 35.5. The summed E-state index contributed by atoms with van der Waals surface area (Å²) in [6.45, 7) is 1.69. The Morgan fingerprint density at radius 1 is 0.886 bits per heavy atom. The molecule has 0 radical (unpaired) electrons. The minimum absolute atomic E-state index is 0.0153. The molecule has 0 unspecified atom stereocenters. The van der Waals surface area contributed by atoms with Gasteiger partial charge in [0.2, 0.25) is 5.89 Å². The zero-order chi connectivity index (χ0) is 31.6. The summed E-state index contributed by atoms with van der Waals surface area (Å²) in [7, 11) is 0. The number of alkyl halides is 3. The molecule has 5 rings (SSSR count). The minimum Gasteiger partial charge on any atom is -0.506 e. The average Bonchev–Trinajstić information content (AvgIpc) is 3.43. The second kappa shape index (κ2) is 12.8. The van der Waals surface area contributed by atoms with Gasteiger partial charge in [-0.15, -0.1) is 0 Å². The van der Waals surface area contributed by atoms with Gasteiger partial charge in [0.25, 0.3) is 0 Å². The van der Waals surface area contributed by atoms with E-state index in [9.17, 15) is 27.5 Å². The number of phenols is 1. The van der Waals surface area contributed by atoms with Gasteiger partial charge in [-0.1, -0.05) is 70.8 Å². The molecule has 4 aromatic carbocycles. The summed E-state index contributed by atoms with van der Waals surface area (Å²) in [5.74, 6) is -0.876. The van der Waals surface area contributed by atoms with Crippen LogP contribution >= 0.6 is 23.2 Å². The maximum atomic E-state index is 13.6. The SMILES string of the molecule is Cc1noc([C@H](CCC(=O)c2cc(-c3ccc(C(F)(F)F)cc3)cc(Cl)c2O)Cc2ccc(-c3ccc(F)c(Cl)c3)cc2)n1. The fourth-order valence-electron chi connectivity index (χ4n) is 4.86. The third kappa shape index (κ3) is 7.11. The number of carbonyl (C=O) groups excluding carboxylic acids is 1. The Morgan fingerprint density at radius 2 is 1.50 bits per heavy atom. The van der Waals surface area contributed by atoms with Gasteiger partial charge in [0.15, 0.2) is 11.6 Å². The number of phenolic OH excluding ortho intramolecular Hbond substituents is 1. The predicted octanol–water partition coefficient (Wildman–Crippen LogP) is 9.87. The van der Waals surface area contributed by atoms with Crippen LogP contribution in [0.5, 0.6) is 5.75 Å². The van der Waals surface area contributed by atoms with Crippen LogP contribution in [0.2, 0.25) is 10.0 Å². The zero-order valence-electron chi connectivity index (χ0n) is 23.1. The number of ketones is 1. The maximum Gasteiger partial charge on any atom is 0.416 e. The molecule has 226 valence electrons. The van der Waals surface area contributed by atoms with Gasteiger partial charge in [0.05, 0.1) is 21.2 Å². The molecule has 44 heavy (non-hydrogen) atoms. The second-order valence-corrected chi connectivity index (χ2v) is 11.1. The van der Waals surface area contributed by atoms with Crippen LogP contribution in [0.25, 0.3) is 22.3 Å². The highest BCUT2D eigenvalue weighted by molar-refractivity contribution is 6.33. The molecule has 0 aliphatic heterocycles. The van der Waals surface area contributed by atoms with Crippen molar-refractivity contribution in [2.24, 2.45) is 0 Å². The van der Waals surface area contributed by atoms with Gasteiger partial charge in [-0.3, -0.25) is 4.79 Å². The van der Waals surface area contributed by atoms with Crippen molar-refractivity contribution < 1.29 is 32.0 Å². The van der Waals surface area contributed by atoms with E-state index in [1.54, 1.807) is 19.1 Å². The first-order chi connectivity index (χ1) is 20.9. The lowest BCUT2D eigenvalue weighted by molar-refractivity contribution is -0.137. The Bertz CT molecular complexity index is 1800. The first kappa shape index (κ1) is 31.2. The molecule has 5 nitrogen and oxygen atoms in total. The van der Waals surface area contributed by atoms with Crippen LogP contribution in [0, 0.1) is 12.7 Å². The van der Waals surface area contributed by atoms with Gasteiger partial charge in [-0.05, 0) is 84.0 Å². The molecule has 0 saturated carbocycles. The van der Waals surface area contributed by atoms with Crippen molar-refractivity contribution in [3.63, 3.8) is 0 Å². The van der Waals surface area contributed by atoms with E-state index in [0.29, 0.717) is 29.3 Å². The Balaban J connectivity index is 1.34. The quantitative estimate of drug-likeness (QED) is 0.128. The smallest absolute Gasteiger partial charge is 0.416 e. The standard InChI is InChI=1S/C33H24Cl2F4N2O3/c1-18-40-32(44-41-18)23(14-19-2-4-20(5-3-19)22-8-12-29(36)27(34)16-22)9-13-30(42)26-15-24(17-28(35)31(26)43)21-6-10-25(11-7-21)33(37,38)39/h2-8,10-12,15-17,23,43H,9,13-14H2,1H3/t23-/m1/s1. The Kier molecular flexibility index (Phi) is 9.08. The normalized spacial score (nSPS) is 12.3. The van der Waals surface area contributed by atoms with Crippen molar-refractivity contribution in [1.82, 2.24) is 10.1 Å².